The van der Waals surface area contributed by atoms with Gasteiger partial charge in [-0.1, -0.05) is 0 Å². The summed E-state index contributed by atoms with van der Waals surface area (Å²) in [6, 6.07) is 11.6. The van der Waals surface area contributed by atoms with Gasteiger partial charge in [-0.3, -0.25) is 9.78 Å². The molecule has 0 atom stereocenters. The summed E-state index contributed by atoms with van der Waals surface area (Å²) in [5, 5.41) is 6.26. The van der Waals surface area contributed by atoms with E-state index in [-0.39, 0.29) is 5.91 Å². The summed E-state index contributed by atoms with van der Waals surface area (Å²) in [5.74, 6) is -0.206. The number of rotatable bonds is 10. The molecule has 0 fully saturated rings. The number of pyridine rings is 1. The van der Waals surface area contributed by atoms with E-state index in [9.17, 15) is 4.79 Å². The van der Waals surface area contributed by atoms with Gasteiger partial charge in [-0.05, 0) is 77.3 Å². The number of amides is 1. The summed E-state index contributed by atoms with van der Waals surface area (Å²) in [7, 11) is 4.12. The normalized spacial score (nSPS) is 10.7. The number of nitrogens with one attached hydrogen (secondary N) is 2. The third-order valence-electron chi connectivity index (χ3n) is 4.36. The monoisotopic (exact) mass is 369 g/mol. The highest BCUT2D eigenvalue weighted by molar-refractivity contribution is 6.03. The van der Waals surface area contributed by atoms with Crippen LogP contribution in [0.1, 0.15) is 30.8 Å². The minimum atomic E-state index is -0.206. The van der Waals surface area contributed by atoms with Gasteiger partial charge < -0.3 is 20.4 Å². The number of hydrogen-bond acceptors (Lipinski definition) is 5. The van der Waals surface area contributed by atoms with Crippen molar-refractivity contribution in [2.45, 2.75) is 20.3 Å². The molecule has 1 aromatic heterocycles. The van der Waals surface area contributed by atoms with Gasteiger partial charge in [0, 0.05) is 42.9 Å². The Morgan fingerprint density at radius 1 is 1.04 bits per heavy atom. The molecule has 0 aliphatic carbocycles. The molecule has 0 saturated heterocycles. The molecule has 6 heteroatoms. The number of anilines is 3. The lowest BCUT2D eigenvalue weighted by Crippen LogP contribution is -2.21. The molecule has 0 aliphatic heterocycles. The first-order chi connectivity index (χ1) is 13.0. The fourth-order valence-corrected chi connectivity index (χ4v) is 2.83. The van der Waals surface area contributed by atoms with Gasteiger partial charge in [0.1, 0.15) is 5.69 Å². The molecular weight excluding hydrogens is 338 g/mol. The van der Waals surface area contributed by atoms with Gasteiger partial charge in [0.05, 0.1) is 0 Å². The topological polar surface area (TPSA) is 60.5 Å². The maximum atomic E-state index is 12.5. The number of carbonyl (C=O) groups excluding carboxylic acids is 1. The largest absolute Gasteiger partial charge is 0.385 e. The summed E-state index contributed by atoms with van der Waals surface area (Å²) in [4.78, 5) is 21.1. The first-order valence-corrected chi connectivity index (χ1v) is 9.54. The van der Waals surface area contributed by atoms with Gasteiger partial charge in [-0.2, -0.15) is 0 Å². The van der Waals surface area contributed by atoms with E-state index in [0.717, 1.165) is 49.7 Å². The van der Waals surface area contributed by atoms with Crippen LogP contribution in [0.3, 0.4) is 0 Å². The zero-order valence-corrected chi connectivity index (χ0v) is 16.8. The first-order valence-electron chi connectivity index (χ1n) is 9.54. The smallest absolute Gasteiger partial charge is 0.274 e. The van der Waals surface area contributed by atoms with Gasteiger partial charge in [-0.25, -0.2) is 0 Å². The Balaban J connectivity index is 1.94. The second-order valence-corrected chi connectivity index (χ2v) is 6.69. The van der Waals surface area contributed by atoms with Crippen LogP contribution in [-0.4, -0.2) is 56.1 Å². The third-order valence-corrected chi connectivity index (χ3v) is 4.36. The molecular formula is C21H31N5O. The summed E-state index contributed by atoms with van der Waals surface area (Å²) in [5.41, 5.74) is 3.23. The molecule has 2 rings (SSSR count). The van der Waals surface area contributed by atoms with Crippen molar-refractivity contribution in [3.8, 4) is 0 Å². The molecule has 1 heterocycles. The van der Waals surface area contributed by atoms with Crippen molar-refractivity contribution in [3.05, 3.63) is 48.3 Å². The van der Waals surface area contributed by atoms with E-state index in [0.29, 0.717) is 5.69 Å². The van der Waals surface area contributed by atoms with Gasteiger partial charge >= 0.3 is 0 Å². The fourth-order valence-electron chi connectivity index (χ4n) is 2.83. The van der Waals surface area contributed by atoms with Crippen molar-refractivity contribution in [2.24, 2.45) is 0 Å². The Morgan fingerprint density at radius 3 is 2.37 bits per heavy atom. The van der Waals surface area contributed by atoms with Gasteiger partial charge in [0.2, 0.25) is 0 Å². The minimum Gasteiger partial charge on any atom is -0.385 e. The highest BCUT2D eigenvalue weighted by Crippen LogP contribution is 2.18. The highest BCUT2D eigenvalue weighted by atomic mass is 16.1. The van der Waals surface area contributed by atoms with Crippen LogP contribution < -0.4 is 15.5 Å². The number of nitrogens with zero attached hydrogens (tertiary/aromatic N) is 3. The van der Waals surface area contributed by atoms with Crippen LogP contribution in [0.5, 0.6) is 0 Å². The third kappa shape index (κ3) is 6.57. The number of hydrogen-bond donors (Lipinski definition) is 2. The first kappa shape index (κ1) is 20.7. The molecule has 1 aromatic carbocycles. The lowest BCUT2D eigenvalue weighted by Gasteiger charge is -2.21. The van der Waals surface area contributed by atoms with Crippen molar-refractivity contribution < 1.29 is 4.79 Å². The molecule has 0 unspecified atom stereocenters. The molecule has 2 aromatic rings. The molecule has 27 heavy (non-hydrogen) atoms. The van der Waals surface area contributed by atoms with Crippen LogP contribution in [0.2, 0.25) is 0 Å². The maximum absolute atomic E-state index is 12.5. The van der Waals surface area contributed by atoms with Gasteiger partial charge in [0.15, 0.2) is 0 Å². The quantitative estimate of drug-likeness (QED) is 0.627. The summed E-state index contributed by atoms with van der Waals surface area (Å²) in [6.07, 6.45) is 2.70. The Hall–Kier alpha value is -2.60. The summed E-state index contributed by atoms with van der Waals surface area (Å²) >= 11 is 0. The fraction of sp³-hybridized carbons (Fsp3) is 0.429. The van der Waals surface area contributed by atoms with Gasteiger partial charge in [-0.15, -0.1) is 0 Å². The standard InChI is InChI=1S/C21H31N5O/c1-5-26(6-2)19-10-8-17(9-11-19)24-21(27)20-16-18(12-14-23-20)22-13-7-15-25(3)4/h8-12,14,16H,5-7,13,15H2,1-4H3,(H,22,23)(H,24,27). The highest BCUT2D eigenvalue weighted by Gasteiger charge is 2.09. The van der Waals surface area contributed by atoms with Crippen LogP contribution >= 0.6 is 0 Å². The van der Waals surface area contributed by atoms with Crippen molar-refractivity contribution in [3.63, 3.8) is 0 Å². The number of benzene rings is 1. The Kier molecular flexibility index (Phi) is 8.07. The Bertz CT molecular complexity index is 711. The zero-order valence-electron chi connectivity index (χ0n) is 16.8. The Labute approximate surface area is 162 Å². The molecule has 0 spiro atoms. The zero-order chi connectivity index (χ0) is 19.6. The molecule has 0 radical (unpaired) electrons. The van der Waals surface area contributed by atoms with E-state index in [1.165, 1.54) is 0 Å². The summed E-state index contributed by atoms with van der Waals surface area (Å²) < 4.78 is 0. The van der Waals surface area contributed by atoms with Crippen molar-refractivity contribution >= 4 is 23.0 Å². The Morgan fingerprint density at radius 2 is 1.74 bits per heavy atom. The minimum absolute atomic E-state index is 0.206. The molecule has 146 valence electrons. The molecule has 2 N–H and O–H groups in total. The van der Waals surface area contributed by atoms with E-state index in [2.05, 4.69) is 53.4 Å². The second-order valence-electron chi connectivity index (χ2n) is 6.69. The average Bonchev–Trinajstić information content (AvgIpc) is 2.67. The number of carbonyl (C=O) groups is 1. The second kappa shape index (κ2) is 10.5. The summed E-state index contributed by atoms with van der Waals surface area (Å²) in [6.45, 7) is 8.06. The average molecular weight is 370 g/mol. The van der Waals surface area contributed by atoms with Crippen molar-refractivity contribution in [1.82, 2.24) is 9.88 Å². The predicted octanol–water partition coefficient (Wildman–Crippen LogP) is 3.54. The molecule has 1 amide bonds. The van der Waals surface area contributed by atoms with E-state index in [1.807, 2.05) is 30.3 Å². The van der Waals surface area contributed by atoms with Crippen LogP contribution in [0.15, 0.2) is 42.6 Å². The maximum Gasteiger partial charge on any atom is 0.274 e. The number of aromatic nitrogens is 1. The van der Waals surface area contributed by atoms with Crippen molar-refractivity contribution in [2.75, 3.05) is 55.8 Å². The SMILES string of the molecule is CCN(CC)c1ccc(NC(=O)c2cc(NCCCN(C)C)ccn2)cc1. The molecule has 0 bridgehead atoms. The molecule has 0 saturated carbocycles. The van der Waals surface area contributed by atoms with E-state index in [4.69, 9.17) is 0 Å². The van der Waals surface area contributed by atoms with E-state index < -0.39 is 0 Å². The van der Waals surface area contributed by atoms with Gasteiger partial charge in [0.25, 0.3) is 5.91 Å². The molecule has 6 nitrogen and oxygen atoms in total. The molecule has 0 aliphatic rings. The van der Waals surface area contributed by atoms with E-state index >= 15 is 0 Å². The predicted molar refractivity (Wildman–Crippen MR) is 114 cm³/mol. The van der Waals surface area contributed by atoms with Crippen molar-refractivity contribution in [1.29, 1.82) is 0 Å². The van der Waals surface area contributed by atoms with Crippen LogP contribution in [0, 0.1) is 0 Å². The lowest BCUT2D eigenvalue weighted by atomic mass is 10.2. The van der Waals surface area contributed by atoms with Crippen LogP contribution in [0.4, 0.5) is 17.1 Å². The van der Waals surface area contributed by atoms with Crippen LogP contribution in [-0.2, 0) is 0 Å². The van der Waals surface area contributed by atoms with E-state index in [1.54, 1.807) is 12.3 Å². The lowest BCUT2D eigenvalue weighted by molar-refractivity contribution is 0.102. The van der Waals surface area contributed by atoms with Crippen LogP contribution in [0.25, 0.3) is 0 Å².